The number of aromatic nitrogens is 4. The molecule has 7 nitrogen and oxygen atoms in total. The van der Waals surface area contributed by atoms with Gasteiger partial charge in [0.15, 0.2) is 0 Å². The van der Waals surface area contributed by atoms with Crippen LogP contribution in [0.1, 0.15) is 25.3 Å². The van der Waals surface area contributed by atoms with E-state index in [4.69, 9.17) is 4.74 Å². The van der Waals surface area contributed by atoms with Gasteiger partial charge in [-0.15, -0.1) is 5.10 Å². The van der Waals surface area contributed by atoms with Gasteiger partial charge < -0.3 is 10.1 Å². The molecule has 1 aliphatic rings. The predicted octanol–water partition coefficient (Wildman–Crippen LogP) is 1.74. The third-order valence-corrected chi connectivity index (χ3v) is 4.61. The number of amides is 1. The van der Waals surface area contributed by atoms with Gasteiger partial charge >= 0.3 is 0 Å². The summed E-state index contributed by atoms with van der Waals surface area (Å²) in [6, 6.07) is 6.14. The molecular formula is C15H19N5O2S. The Labute approximate surface area is 138 Å². The van der Waals surface area contributed by atoms with Gasteiger partial charge in [-0.3, -0.25) is 4.79 Å². The number of benzene rings is 1. The molecule has 1 fully saturated rings. The first-order chi connectivity index (χ1) is 11.1. The Hall–Kier alpha value is -2.09. The van der Waals surface area contributed by atoms with E-state index in [0.29, 0.717) is 16.9 Å². The second-order valence-electron chi connectivity index (χ2n) is 5.59. The normalized spacial score (nSPS) is 15.3. The van der Waals surface area contributed by atoms with Crippen molar-refractivity contribution in [3.63, 3.8) is 0 Å². The number of methoxy groups -OCH3 is 1. The van der Waals surface area contributed by atoms with Crippen LogP contribution in [0.25, 0.3) is 5.69 Å². The minimum Gasteiger partial charge on any atom is -0.494 e. The van der Waals surface area contributed by atoms with Gasteiger partial charge in [0.1, 0.15) is 11.4 Å². The first kappa shape index (κ1) is 15.8. The van der Waals surface area contributed by atoms with Gasteiger partial charge in [-0.1, -0.05) is 17.8 Å². The molecule has 1 heterocycles. The number of aryl methyl sites for hydroxylation is 1. The number of carbonyl (C=O) groups excluding carboxylic acids is 1. The van der Waals surface area contributed by atoms with Crippen molar-refractivity contribution >= 4 is 17.7 Å². The molecule has 1 saturated carbocycles. The second kappa shape index (κ2) is 6.57. The molecule has 23 heavy (non-hydrogen) atoms. The number of carbonyl (C=O) groups is 1. The summed E-state index contributed by atoms with van der Waals surface area (Å²) < 4.78 is 7.00. The van der Waals surface area contributed by atoms with Crippen LogP contribution in [0.5, 0.6) is 5.75 Å². The molecule has 122 valence electrons. The number of nitrogens with zero attached hydrogens (tertiary/aromatic N) is 4. The summed E-state index contributed by atoms with van der Waals surface area (Å²) in [5.41, 5.74) is 1.83. The van der Waals surface area contributed by atoms with Gasteiger partial charge in [0.25, 0.3) is 0 Å². The third-order valence-electron chi connectivity index (χ3n) is 3.58. The summed E-state index contributed by atoms with van der Waals surface area (Å²) in [5, 5.41) is 15.1. The molecular weight excluding hydrogens is 314 g/mol. The minimum atomic E-state index is -0.267. The van der Waals surface area contributed by atoms with Crippen LogP contribution in [0.15, 0.2) is 23.4 Å². The van der Waals surface area contributed by atoms with Crippen LogP contribution in [0.2, 0.25) is 0 Å². The topological polar surface area (TPSA) is 81.9 Å². The predicted molar refractivity (Wildman–Crippen MR) is 86.9 cm³/mol. The molecule has 0 spiro atoms. The van der Waals surface area contributed by atoms with Crippen molar-refractivity contribution in [3.05, 3.63) is 23.8 Å². The first-order valence-electron chi connectivity index (χ1n) is 7.49. The number of rotatable bonds is 6. The molecule has 0 saturated heterocycles. The van der Waals surface area contributed by atoms with Crippen LogP contribution in [0.3, 0.4) is 0 Å². The van der Waals surface area contributed by atoms with Crippen molar-refractivity contribution in [2.24, 2.45) is 0 Å². The van der Waals surface area contributed by atoms with Gasteiger partial charge in [0, 0.05) is 6.04 Å². The van der Waals surface area contributed by atoms with E-state index in [1.807, 2.05) is 32.0 Å². The SMILES string of the molecule is COc1ccc(C)cc1-n1nnnc1S[C@@H](C)C(=O)NC1CC1. The molecule has 1 N–H and O–H groups in total. The van der Waals surface area contributed by atoms with Gasteiger partial charge in [0.2, 0.25) is 11.1 Å². The highest BCUT2D eigenvalue weighted by atomic mass is 32.2. The molecule has 0 radical (unpaired) electrons. The van der Waals surface area contributed by atoms with Crippen LogP contribution in [0, 0.1) is 6.92 Å². The molecule has 1 aromatic heterocycles. The number of hydrogen-bond donors (Lipinski definition) is 1. The highest BCUT2D eigenvalue weighted by Gasteiger charge is 2.27. The fourth-order valence-corrected chi connectivity index (χ4v) is 2.94. The molecule has 3 rings (SSSR count). The summed E-state index contributed by atoms with van der Waals surface area (Å²) in [4.78, 5) is 12.1. The average Bonchev–Trinajstić information content (AvgIpc) is 3.23. The second-order valence-corrected chi connectivity index (χ2v) is 6.90. The average molecular weight is 333 g/mol. The largest absolute Gasteiger partial charge is 0.494 e. The first-order valence-corrected chi connectivity index (χ1v) is 8.37. The molecule has 0 bridgehead atoms. The van der Waals surface area contributed by atoms with E-state index >= 15 is 0 Å². The minimum absolute atomic E-state index is 0.0169. The maximum Gasteiger partial charge on any atom is 0.233 e. The zero-order valence-electron chi connectivity index (χ0n) is 13.3. The van der Waals surface area contributed by atoms with E-state index in [9.17, 15) is 4.79 Å². The third kappa shape index (κ3) is 3.64. The number of nitrogens with one attached hydrogen (secondary N) is 1. The highest BCUT2D eigenvalue weighted by Crippen LogP contribution is 2.29. The molecule has 1 aromatic carbocycles. The lowest BCUT2D eigenvalue weighted by molar-refractivity contribution is -0.120. The number of thioether (sulfide) groups is 1. The summed E-state index contributed by atoms with van der Waals surface area (Å²) >= 11 is 1.33. The van der Waals surface area contributed by atoms with Crippen molar-refractivity contribution in [2.75, 3.05) is 7.11 Å². The summed E-state index contributed by atoms with van der Waals surface area (Å²) in [5.74, 6) is 0.697. The molecule has 0 aliphatic heterocycles. The molecule has 1 amide bonds. The fourth-order valence-electron chi connectivity index (χ4n) is 2.13. The van der Waals surface area contributed by atoms with Crippen molar-refractivity contribution in [1.82, 2.24) is 25.5 Å². The summed E-state index contributed by atoms with van der Waals surface area (Å²) in [7, 11) is 1.61. The Bertz CT molecular complexity index is 714. The Morgan fingerprint density at radius 1 is 1.48 bits per heavy atom. The lowest BCUT2D eigenvalue weighted by atomic mass is 10.2. The van der Waals surface area contributed by atoms with Crippen molar-refractivity contribution in [1.29, 1.82) is 0 Å². The Kier molecular flexibility index (Phi) is 4.51. The lowest BCUT2D eigenvalue weighted by Gasteiger charge is -2.13. The standard InChI is InChI=1S/C15H19N5O2S/c1-9-4-7-13(22-3)12(8-9)20-15(17-18-19-20)23-10(2)14(21)16-11-5-6-11/h4,7-8,10-11H,5-6H2,1-3H3,(H,16,21)/t10-/m0/s1. The van der Waals surface area contributed by atoms with Crippen molar-refractivity contribution < 1.29 is 9.53 Å². The smallest absolute Gasteiger partial charge is 0.233 e. The number of tetrazole rings is 1. The highest BCUT2D eigenvalue weighted by molar-refractivity contribution is 8.00. The molecule has 1 atom stereocenters. The maximum atomic E-state index is 12.1. The zero-order valence-corrected chi connectivity index (χ0v) is 14.1. The van der Waals surface area contributed by atoms with Gasteiger partial charge in [0.05, 0.1) is 12.4 Å². The van der Waals surface area contributed by atoms with Crippen LogP contribution < -0.4 is 10.1 Å². The summed E-state index contributed by atoms with van der Waals surface area (Å²) in [6.45, 7) is 3.85. The van der Waals surface area contributed by atoms with Gasteiger partial charge in [-0.25, -0.2) is 0 Å². The van der Waals surface area contributed by atoms with Crippen LogP contribution in [-0.4, -0.2) is 44.5 Å². The molecule has 8 heteroatoms. The number of hydrogen-bond acceptors (Lipinski definition) is 6. The molecule has 2 aromatic rings. The summed E-state index contributed by atoms with van der Waals surface area (Å²) in [6.07, 6.45) is 2.14. The monoisotopic (exact) mass is 333 g/mol. The van der Waals surface area contributed by atoms with E-state index < -0.39 is 0 Å². The van der Waals surface area contributed by atoms with Crippen molar-refractivity contribution in [2.45, 2.75) is 43.1 Å². The van der Waals surface area contributed by atoms with Gasteiger partial charge in [-0.2, -0.15) is 4.68 Å². The van der Waals surface area contributed by atoms with Crippen LogP contribution >= 0.6 is 11.8 Å². The molecule has 0 unspecified atom stereocenters. The Morgan fingerprint density at radius 2 is 2.26 bits per heavy atom. The van der Waals surface area contributed by atoms with E-state index in [0.717, 1.165) is 24.1 Å². The van der Waals surface area contributed by atoms with E-state index in [2.05, 4.69) is 20.8 Å². The lowest BCUT2D eigenvalue weighted by Crippen LogP contribution is -2.32. The van der Waals surface area contributed by atoms with Crippen LogP contribution in [0.4, 0.5) is 0 Å². The van der Waals surface area contributed by atoms with E-state index in [-0.39, 0.29) is 11.2 Å². The van der Waals surface area contributed by atoms with E-state index in [1.165, 1.54) is 11.8 Å². The van der Waals surface area contributed by atoms with Crippen LogP contribution in [-0.2, 0) is 4.79 Å². The maximum absolute atomic E-state index is 12.1. The quantitative estimate of drug-likeness (QED) is 0.811. The van der Waals surface area contributed by atoms with Crippen molar-refractivity contribution in [3.8, 4) is 11.4 Å². The zero-order chi connectivity index (χ0) is 16.4. The Morgan fingerprint density at radius 3 is 2.96 bits per heavy atom. The van der Waals surface area contributed by atoms with E-state index in [1.54, 1.807) is 11.8 Å². The number of ether oxygens (including phenoxy) is 1. The Balaban J connectivity index is 1.82. The fraction of sp³-hybridized carbons (Fsp3) is 0.467. The molecule has 1 aliphatic carbocycles. The van der Waals surface area contributed by atoms with Gasteiger partial charge in [-0.05, 0) is 54.8 Å².